The van der Waals surface area contributed by atoms with Crippen molar-refractivity contribution in [2.75, 3.05) is 30.8 Å². The third-order valence-corrected chi connectivity index (χ3v) is 6.08. The van der Waals surface area contributed by atoms with Crippen molar-refractivity contribution in [3.8, 4) is 11.1 Å². The number of nitrogens with zero attached hydrogens (tertiary/aromatic N) is 3. The van der Waals surface area contributed by atoms with Crippen molar-refractivity contribution in [3.05, 3.63) is 54.0 Å². The average Bonchev–Trinajstić information content (AvgIpc) is 3.21. The molecule has 33 heavy (non-hydrogen) atoms. The highest BCUT2D eigenvalue weighted by Gasteiger charge is 2.32. The van der Waals surface area contributed by atoms with Crippen molar-refractivity contribution < 1.29 is 13.9 Å². The molecule has 6 nitrogen and oxygen atoms in total. The molecule has 0 spiro atoms. The summed E-state index contributed by atoms with van der Waals surface area (Å²) in [6, 6.07) is 10.9. The van der Waals surface area contributed by atoms with Crippen molar-refractivity contribution in [3.63, 3.8) is 0 Å². The van der Waals surface area contributed by atoms with Crippen molar-refractivity contribution in [1.29, 1.82) is 0 Å². The first-order chi connectivity index (χ1) is 15.5. The molecule has 1 aliphatic rings. The number of rotatable bonds is 3. The smallest absolute Gasteiger partial charge is 0.410 e. The lowest BCUT2D eigenvalue weighted by Gasteiger charge is -2.29. The molecule has 4 rings (SSSR count). The highest BCUT2D eigenvalue weighted by molar-refractivity contribution is 5.99. The predicted molar refractivity (Wildman–Crippen MR) is 131 cm³/mol. The zero-order valence-electron chi connectivity index (χ0n) is 19.9. The van der Waals surface area contributed by atoms with Gasteiger partial charge in [-0.3, -0.25) is 0 Å². The molecule has 1 saturated heterocycles. The number of aromatic nitrogens is 1. The largest absolute Gasteiger partial charge is 0.444 e. The molecule has 7 heteroatoms. The molecule has 1 fully saturated rings. The SMILES string of the molecule is Cc1cccc(F)c1-c1cc(N2CC[C@@H](N(C)C(=O)OC(C)(C)C)C2)c2cc(N)ncc2c1. The Hall–Kier alpha value is -3.35. The Morgan fingerprint density at radius 1 is 1.27 bits per heavy atom. The fraction of sp³-hybridized carbons (Fsp3) is 0.385. The highest BCUT2D eigenvalue weighted by atomic mass is 19.1. The van der Waals surface area contributed by atoms with Gasteiger partial charge in [0.15, 0.2) is 0 Å². The van der Waals surface area contributed by atoms with Gasteiger partial charge >= 0.3 is 6.09 Å². The van der Waals surface area contributed by atoms with Crippen LogP contribution < -0.4 is 10.6 Å². The van der Waals surface area contributed by atoms with Crippen LogP contribution in [0.5, 0.6) is 0 Å². The molecule has 1 aliphatic heterocycles. The van der Waals surface area contributed by atoms with Gasteiger partial charge in [-0.25, -0.2) is 14.2 Å². The minimum absolute atomic E-state index is 0.00735. The Kier molecular flexibility index (Phi) is 5.91. The molecule has 3 aromatic rings. The topological polar surface area (TPSA) is 71.7 Å². The van der Waals surface area contributed by atoms with E-state index >= 15 is 0 Å². The van der Waals surface area contributed by atoms with E-state index in [1.807, 2.05) is 52.0 Å². The molecule has 0 unspecified atom stereocenters. The van der Waals surface area contributed by atoms with Gasteiger partial charge in [-0.15, -0.1) is 0 Å². The number of halogens is 1. The lowest BCUT2D eigenvalue weighted by atomic mass is 9.96. The highest BCUT2D eigenvalue weighted by Crippen LogP contribution is 2.37. The number of anilines is 2. The lowest BCUT2D eigenvalue weighted by molar-refractivity contribution is 0.0238. The maximum Gasteiger partial charge on any atom is 0.410 e. The van der Waals surface area contributed by atoms with Crippen LogP contribution >= 0.6 is 0 Å². The number of carbonyl (C=O) groups is 1. The molecule has 2 aromatic carbocycles. The molecule has 0 saturated carbocycles. The molecule has 1 atom stereocenters. The standard InChI is InChI=1S/C26H31FN4O2/c1-16-7-6-8-21(27)24(16)17-11-18-14-29-23(28)13-20(18)22(12-17)31-10-9-19(15-31)30(5)25(32)33-26(2,3)4/h6-8,11-14,19H,9-10,15H2,1-5H3,(H2,28,29)/t19-/m1/s1. The Labute approximate surface area is 194 Å². The van der Waals surface area contributed by atoms with Crippen LogP contribution in [0, 0.1) is 12.7 Å². The van der Waals surface area contributed by atoms with E-state index in [1.54, 1.807) is 24.2 Å². The summed E-state index contributed by atoms with van der Waals surface area (Å²) < 4.78 is 20.3. The minimum Gasteiger partial charge on any atom is -0.444 e. The summed E-state index contributed by atoms with van der Waals surface area (Å²) in [4.78, 5) is 20.7. The summed E-state index contributed by atoms with van der Waals surface area (Å²) in [6.45, 7) is 8.90. The quantitative estimate of drug-likeness (QED) is 0.580. The number of carbonyl (C=O) groups excluding carboxylic acids is 1. The Morgan fingerprint density at radius 2 is 2.03 bits per heavy atom. The number of pyridine rings is 1. The van der Waals surface area contributed by atoms with Crippen molar-refractivity contribution in [2.45, 2.75) is 45.8 Å². The normalized spacial score (nSPS) is 16.3. The van der Waals surface area contributed by atoms with Crippen LogP contribution in [-0.2, 0) is 4.74 Å². The van der Waals surface area contributed by atoms with E-state index in [1.165, 1.54) is 6.07 Å². The second-order valence-corrected chi connectivity index (χ2v) is 9.74. The van der Waals surface area contributed by atoms with Crippen molar-refractivity contribution >= 4 is 28.4 Å². The molecule has 2 heterocycles. The number of hydrogen-bond donors (Lipinski definition) is 1. The van der Waals surface area contributed by atoms with Gasteiger partial charge in [-0.1, -0.05) is 12.1 Å². The van der Waals surface area contributed by atoms with Crippen LogP contribution in [-0.4, -0.2) is 47.8 Å². The van der Waals surface area contributed by atoms with E-state index < -0.39 is 5.60 Å². The van der Waals surface area contributed by atoms with Crippen molar-refractivity contribution in [1.82, 2.24) is 9.88 Å². The lowest BCUT2D eigenvalue weighted by Crippen LogP contribution is -2.42. The number of ether oxygens (including phenoxy) is 1. The van der Waals surface area contributed by atoms with E-state index in [2.05, 4.69) is 9.88 Å². The van der Waals surface area contributed by atoms with Gasteiger partial charge in [0, 0.05) is 48.4 Å². The van der Waals surface area contributed by atoms with Crippen LogP contribution in [0.25, 0.3) is 21.9 Å². The second kappa shape index (κ2) is 8.54. The molecule has 1 aromatic heterocycles. The zero-order valence-corrected chi connectivity index (χ0v) is 19.9. The second-order valence-electron chi connectivity index (χ2n) is 9.74. The molecule has 1 amide bonds. The minimum atomic E-state index is -0.545. The van der Waals surface area contributed by atoms with Crippen LogP contribution in [0.3, 0.4) is 0 Å². The Balaban J connectivity index is 1.71. The maximum absolute atomic E-state index is 14.8. The number of nitrogen functional groups attached to an aromatic ring is 1. The molecular formula is C26H31FN4O2. The third kappa shape index (κ3) is 4.72. The molecular weight excluding hydrogens is 419 g/mol. The van der Waals surface area contributed by atoms with Crippen LogP contribution in [0.2, 0.25) is 0 Å². The number of hydrogen-bond acceptors (Lipinski definition) is 5. The van der Waals surface area contributed by atoms with Gasteiger partial charge in [-0.2, -0.15) is 0 Å². The predicted octanol–water partition coefficient (Wildman–Crippen LogP) is 5.38. The first-order valence-electron chi connectivity index (χ1n) is 11.2. The summed E-state index contributed by atoms with van der Waals surface area (Å²) in [5.41, 5.74) is 8.66. The molecule has 0 aliphatic carbocycles. The van der Waals surface area contributed by atoms with E-state index in [0.717, 1.165) is 40.6 Å². The molecule has 2 N–H and O–H groups in total. The third-order valence-electron chi connectivity index (χ3n) is 6.08. The zero-order chi connectivity index (χ0) is 23.9. The van der Waals surface area contributed by atoms with Crippen LogP contribution in [0.4, 0.5) is 20.7 Å². The summed E-state index contributed by atoms with van der Waals surface area (Å²) >= 11 is 0. The fourth-order valence-electron chi connectivity index (χ4n) is 4.42. The van der Waals surface area contributed by atoms with E-state index in [0.29, 0.717) is 17.9 Å². The molecule has 0 bridgehead atoms. The summed E-state index contributed by atoms with van der Waals surface area (Å²) in [6.07, 6.45) is 2.21. The van der Waals surface area contributed by atoms with Crippen LogP contribution in [0.15, 0.2) is 42.6 Å². The number of likely N-dealkylation sites (N-methyl/N-ethyl adjacent to an activating group) is 1. The number of aryl methyl sites for hydroxylation is 1. The van der Waals surface area contributed by atoms with Gasteiger partial charge in [0.05, 0.1) is 6.04 Å². The van der Waals surface area contributed by atoms with Crippen LogP contribution in [0.1, 0.15) is 32.8 Å². The first kappa shape index (κ1) is 22.8. The molecule has 174 valence electrons. The monoisotopic (exact) mass is 450 g/mol. The fourth-order valence-corrected chi connectivity index (χ4v) is 4.42. The summed E-state index contributed by atoms with van der Waals surface area (Å²) in [5.74, 6) is 0.174. The maximum atomic E-state index is 14.8. The van der Waals surface area contributed by atoms with E-state index in [4.69, 9.17) is 10.5 Å². The average molecular weight is 451 g/mol. The van der Waals surface area contributed by atoms with Gasteiger partial charge in [0.25, 0.3) is 0 Å². The number of amides is 1. The van der Waals surface area contributed by atoms with Gasteiger partial charge < -0.3 is 20.3 Å². The summed E-state index contributed by atoms with van der Waals surface area (Å²) in [7, 11) is 1.78. The molecule has 0 radical (unpaired) electrons. The van der Waals surface area contributed by atoms with Gasteiger partial charge in [0.1, 0.15) is 17.2 Å². The Bertz CT molecular complexity index is 1180. The summed E-state index contributed by atoms with van der Waals surface area (Å²) in [5, 5.41) is 1.85. The van der Waals surface area contributed by atoms with E-state index in [9.17, 15) is 9.18 Å². The number of benzene rings is 2. The van der Waals surface area contributed by atoms with Gasteiger partial charge in [0.2, 0.25) is 0 Å². The number of nitrogens with two attached hydrogens (primary N) is 1. The number of fused-ring (bicyclic) bond motifs is 1. The van der Waals surface area contributed by atoms with E-state index in [-0.39, 0.29) is 18.0 Å². The first-order valence-corrected chi connectivity index (χ1v) is 11.2. The van der Waals surface area contributed by atoms with Crippen molar-refractivity contribution in [2.24, 2.45) is 0 Å². The van der Waals surface area contributed by atoms with Gasteiger partial charge in [-0.05, 0) is 69.5 Å². The Morgan fingerprint density at radius 3 is 2.73 bits per heavy atom.